The van der Waals surface area contributed by atoms with E-state index in [0.29, 0.717) is 18.0 Å². The molecule has 0 saturated heterocycles. The third kappa shape index (κ3) is 4.84. The zero-order valence-corrected chi connectivity index (χ0v) is 12.9. The fourth-order valence-corrected chi connectivity index (χ4v) is 2.42. The van der Waals surface area contributed by atoms with Crippen molar-refractivity contribution in [3.8, 4) is 0 Å². The van der Waals surface area contributed by atoms with Crippen molar-refractivity contribution < 1.29 is 8.78 Å². The van der Waals surface area contributed by atoms with Crippen LogP contribution in [0.2, 0.25) is 0 Å². The number of nitrogens with zero attached hydrogens (tertiary/aromatic N) is 1. The highest BCUT2D eigenvalue weighted by atomic mass is 19.2. The average molecular weight is 284 g/mol. The lowest BCUT2D eigenvalue weighted by Crippen LogP contribution is -2.37. The molecule has 1 aromatic carbocycles. The summed E-state index contributed by atoms with van der Waals surface area (Å²) in [7, 11) is 0. The van der Waals surface area contributed by atoms with Crippen LogP contribution >= 0.6 is 0 Å². The highest BCUT2D eigenvalue weighted by Crippen LogP contribution is 2.20. The van der Waals surface area contributed by atoms with Crippen molar-refractivity contribution in [3.05, 3.63) is 35.4 Å². The molecule has 1 rings (SSSR count). The Kier molecular flexibility index (Phi) is 7.10. The highest BCUT2D eigenvalue weighted by Gasteiger charge is 2.20. The fraction of sp³-hybridized carbons (Fsp3) is 0.625. The Bertz CT molecular complexity index is 407. The number of rotatable bonds is 8. The summed E-state index contributed by atoms with van der Waals surface area (Å²) in [6.45, 7) is 11.6. The summed E-state index contributed by atoms with van der Waals surface area (Å²) in [6, 6.07) is 4.20. The van der Waals surface area contributed by atoms with Crippen molar-refractivity contribution in [1.82, 2.24) is 10.2 Å². The molecule has 2 nitrogen and oxygen atoms in total. The van der Waals surface area contributed by atoms with Gasteiger partial charge in [-0.25, -0.2) is 8.78 Å². The summed E-state index contributed by atoms with van der Waals surface area (Å²) in [4.78, 5) is 2.27. The molecule has 0 radical (unpaired) electrons. The Morgan fingerprint density at radius 3 is 2.40 bits per heavy atom. The van der Waals surface area contributed by atoms with E-state index in [4.69, 9.17) is 0 Å². The van der Waals surface area contributed by atoms with Crippen molar-refractivity contribution in [3.63, 3.8) is 0 Å². The predicted molar refractivity (Wildman–Crippen MR) is 79.7 cm³/mol. The zero-order chi connectivity index (χ0) is 15.1. The van der Waals surface area contributed by atoms with Gasteiger partial charge in [-0.05, 0) is 25.1 Å². The lowest BCUT2D eigenvalue weighted by atomic mass is 10.0. The van der Waals surface area contributed by atoms with Gasteiger partial charge in [0.25, 0.3) is 0 Å². The van der Waals surface area contributed by atoms with Crippen molar-refractivity contribution in [1.29, 1.82) is 0 Å². The molecule has 20 heavy (non-hydrogen) atoms. The largest absolute Gasteiger partial charge is 0.309 e. The summed E-state index contributed by atoms with van der Waals surface area (Å²) < 4.78 is 27.4. The number of hydrogen-bond acceptors (Lipinski definition) is 2. The van der Waals surface area contributed by atoms with Gasteiger partial charge in [-0.1, -0.05) is 39.8 Å². The third-order valence-electron chi connectivity index (χ3n) is 3.32. The van der Waals surface area contributed by atoms with Gasteiger partial charge in [0.2, 0.25) is 0 Å². The van der Waals surface area contributed by atoms with E-state index < -0.39 is 11.6 Å². The smallest absolute Gasteiger partial charge is 0.163 e. The highest BCUT2D eigenvalue weighted by molar-refractivity contribution is 5.23. The van der Waals surface area contributed by atoms with Gasteiger partial charge in [0, 0.05) is 24.7 Å². The van der Waals surface area contributed by atoms with E-state index >= 15 is 0 Å². The first-order valence-corrected chi connectivity index (χ1v) is 7.39. The van der Waals surface area contributed by atoms with E-state index in [2.05, 4.69) is 31.0 Å². The van der Waals surface area contributed by atoms with Gasteiger partial charge in [0.1, 0.15) is 0 Å². The molecule has 1 unspecified atom stereocenters. The molecular formula is C16H26F2N2. The van der Waals surface area contributed by atoms with Crippen LogP contribution in [0.1, 0.15) is 39.3 Å². The van der Waals surface area contributed by atoms with Gasteiger partial charge in [0.05, 0.1) is 0 Å². The molecule has 114 valence electrons. The Labute approximate surface area is 121 Å². The predicted octanol–water partition coefficient (Wildman–Crippen LogP) is 3.59. The van der Waals surface area contributed by atoms with Gasteiger partial charge >= 0.3 is 0 Å². The van der Waals surface area contributed by atoms with Crippen LogP contribution in [0.15, 0.2) is 18.2 Å². The van der Waals surface area contributed by atoms with Gasteiger partial charge in [-0.3, -0.25) is 0 Å². The monoisotopic (exact) mass is 284 g/mol. The number of benzene rings is 1. The van der Waals surface area contributed by atoms with Crippen LogP contribution < -0.4 is 5.32 Å². The van der Waals surface area contributed by atoms with E-state index in [1.807, 2.05) is 6.92 Å². The van der Waals surface area contributed by atoms with Crippen molar-refractivity contribution in [2.45, 2.75) is 33.7 Å². The molecule has 0 amide bonds. The van der Waals surface area contributed by atoms with Crippen molar-refractivity contribution in [2.75, 3.05) is 26.2 Å². The summed E-state index contributed by atoms with van der Waals surface area (Å²) >= 11 is 0. The molecular weight excluding hydrogens is 258 g/mol. The summed E-state index contributed by atoms with van der Waals surface area (Å²) in [5.74, 6) is -0.967. The molecule has 0 aliphatic heterocycles. The molecule has 0 bridgehead atoms. The number of likely N-dealkylation sites (N-methyl/N-ethyl adjacent to an activating group) is 2. The van der Waals surface area contributed by atoms with Gasteiger partial charge in [-0.2, -0.15) is 0 Å². The Morgan fingerprint density at radius 1 is 1.15 bits per heavy atom. The molecule has 1 atom stereocenters. The third-order valence-corrected chi connectivity index (χ3v) is 3.32. The second-order valence-corrected chi connectivity index (χ2v) is 5.50. The fourth-order valence-electron chi connectivity index (χ4n) is 2.42. The zero-order valence-electron chi connectivity index (χ0n) is 12.9. The van der Waals surface area contributed by atoms with E-state index in [-0.39, 0.29) is 6.04 Å². The molecule has 0 heterocycles. The van der Waals surface area contributed by atoms with Gasteiger partial charge in [-0.15, -0.1) is 0 Å². The first kappa shape index (κ1) is 17.1. The maximum absolute atomic E-state index is 14.0. The number of halogens is 2. The minimum atomic E-state index is -0.780. The van der Waals surface area contributed by atoms with Gasteiger partial charge in [0.15, 0.2) is 11.6 Å². The molecule has 0 saturated carbocycles. The molecule has 1 aromatic rings. The first-order chi connectivity index (χ1) is 9.49. The van der Waals surface area contributed by atoms with Crippen LogP contribution in [0.4, 0.5) is 8.78 Å². The van der Waals surface area contributed by atoms with E-state index in [1.165, 1.54) is 0 Å². The van der Waals surface area contributed by atoms with E-state index in [9.17, 15) is 8.78 Å². The van der Waals surface area contributed by atoms with Gasteiger partial charge < -0.3 is 10.2 Å². The lowest BCUT2D eigenvalue weighted by Gasteiger charge is -2.28. The molecule has 0 aliphatic rings. The summed E-state index contributed by atoms with van der Waals surface area (Å²) in [5, 5.41) is 3.26. The topological polar surface area (TPSA) is 15.3 Å². The van der Waals surface area contributed by atoms with Crippen LogP contribution in [-0.2, 0) is 0 Å². The first-order valence-electron chi connectivity index (χ1n) is 7.39. The molecule has 0 spiro atoms. The van der Waals surface area contributed by atoms with Crippen LogP contribution in [0.25, 0.3) is 0 Å². The number of hydrogen-bond donors (Lipinski definition) is 1. The summed E-state index contributed by atoms with van der Waals surface area (Å²) in [6.07, 6.45) is 0. The maximum Gasteiger partial charge on any atom is 0.163 e. The van der Waals surface area contributed by atoms with Crippen LogP contribution in [-0.4, -0.2) is 31.1 Å². The minimum Gasteiger partial charge on any atom is -0.309 e. The van der Waals surface area contributed by atoms with Crippen LogP contribution in [0, 0.1) is 17.6 Å². The molecule has 4 heteroatoms. The molecule has 0 fully saturated rings. The Morgan fingerprint density at radius 2 is 1.85 bits per heavy atom. The molecule has 1 N–H and O–H groups in total. The minimum absolute atomic E-state index is 0.186. The Balaban J connectivity index is 2.90. The maximum atomic E-state index is 14.0. The Hall–Kier alpha value is -1.00. The van der Waals surface area contributed by atoms with E-state index in [0.717, 1.165) is 25.7 Å². The van der Waals surface area contributed by atoms with Crippen molar-refractivity contribution >= 4 is 0 Å². The average Bonchev–Trinajstić information content (AvgIpc) is 2.40. The standard InChI is InChI=1S/C16H26F2N2/c1-5-19-15(11-20(6-2)10-12(3)4)13-8-7-9-14(17)16(13)18/h7-9,12,15,19H,5-6,10-11H2,1-4H3. The van der Waals surface area contributed by atoms with Crippen molar-refractivity contribution in [2.24, 2.45) is 5.92 Å². The normalized spacial score (nSPS) is 13.2. The second kappa shape index (κ2) is 8.32. The quantitative estimate of drug-likeness (QED) is 0.785. The lowest BCUT2D eigenvalue weighted by molar-refractivity contribution is 0.227. The van der Waals surface area contributed by atoms with Crippen LogP contribution in [0.5, 0.6) is 0 Å². The van der Waals surface area contributed by atoms with Crippen LogP contribution in [0.3, 0.4) is 0 Å². The van der Waals surface area contributed by atoms with E-state index in [1.54, 1.807) is 12.1 Å². The molecule has 0 aliphatic carbocycles. The second-order valence-electron chi connectivity index (χ2n) is 5.50. The number of nitrogens with one attached hydrogen (secondary N) is 1. The molecule has 0 aromatic heterocycles. The SMILES string of the molecule is CCNC(CN(CC)CC(C)C)c1cccc(F)c1F. The summed E-state index contributed by atoms with van der Waals surface area (Å²) in [5.41, 5.74) is 0.411.